The van der Waals surface area contributed by atoms with Crippen LogP contribution in [-0.4, -0.2) is 26.6 Å². The zero-order chi connectivity index (χ0) is 25.1. The van der Waals surface area contributed by atoms with Crippen LogP contribution < -0.4 is 9.73 Å². The molecule has 1 N–H and O–H groups in total. The molecule has 0 radical (unpaired) electrons. The van der Waals surface area contributed by atoms with E-state index in [2.05, 4.69) is 10.5 Å². The summed E-state index contributed by atoms with van der Waals surface area (Å²) in [5.74, 6) is -0.442. The standard InChI is InChI=1S/C28H39N3O3S/c1-23-18-20-26(21-19-23)35(33,34)31(27-17-13-12-14-24(27)2)22-28(32)30-29-25-15-10-8-6-4-3-5-7-9-11-16-25/h12-14,17-21H,3-11,15-16,22H2,1-2H3,(H,30,32). The van der Waals surface area contributed by atoms with E-state index in [1.165, 1.54) is 49.3 Å². The van der Waals surface area contributed by atoms with Gasteiger partial charge in [-0.1, -0.05) is 80.8 Å². The van der Waals surface area contributed by atoms with Gasteiger partial charge in [-0.15, -0.1) is 0 Å². The van der Waals surface area contributed by atoms with Crippen molar-refractivity contribution < 1.29 is 13.2 Å². The van der Waals surface area contributed by atoms with Crippen molar-refractivity contribution in [3.8, 4) is 0 Å². The Morgan fingerprint density at radius 1 is 0.829 bits per heavy atom. The second-order valence-electron chi connectivity index (χ2n) is 9.51. The van der Waals surface area contributed by atoms with Gasteiger partial charge in [0.15, 0.2) is 0 Å². The van der Waals surface area contributed by atoms with Gasteiger partial charge in [0.25, 0.3) is 15.9 Å². The van der Waals surface area contributed by atoms with Crippen LogP contribution >= 0.6 is 0 Å². The van der Waals surface area contributed by atoms with E-state index in [0.29, 0.717) is 5.69 Å². The Labute approximate surface area is 210 Å². The van der Waals surface area contributed by atoms with E-state index in [-0.39, 0.29) is 11.4 Å². The molecule has 1 aliphatic carbocycles. The Hall–Kier alpha value is -2.67. The molecule has 1 aliphatic rings. The molecular weight excluding hydrogens is 458 g/mol. The number of nitrogens with zero attached hydrogens (tertiary/aromatic N) is 2. The summed E-state index contributed by atoms with van der Waals surface area (Å²) in [6.07, 6.45) is 12.7. The number of benzene rings is 2. The minimum absolute atomic E-state index is 0.157. The van der Waals surface area contributed by atoms with Crippen LogP contribution in [0.25, 0.3) is 0 Å². The molecule has 2 aromatic carbocycles. The van der Waals surface area contributed by atoms with Crippen molar-refractivity contribution in [2.24, 2.45) is 5.10 Å². The van der Waals surface area contributed by atoms with E-state index >= 15 is 0 Å². The Kier molecular flexibility index (Phi) is 10.3. The van der Waals surface area contributed by atoms with E-state index in [9.17, 15) is 13.2 Å². The summed E-state index contributed by atoms with van der Waals surface area (Å²) in [4.78, 5) is 13.1. The van der Waals surface area contributed by atoms with Crippen molar-refractivity contribution in [1.82, 2.24) is 5.43 Å². The first-order valence-corrected chi connectivity index (χ1v) is 14.3. The molecule has 0 heterocycles. The Balaban J connectivity index is 1.77. The molecule has 0 aromatic heterocycles. The van der Waals surface area contributed by atoms with Gasteiger partial charge in [0, 0.05) is 5.71 Å². The third kappa shape index (κ3) is 8.20. The second-order valence-corrected chi connectivity index (χ2v) is 11.4. The van der Waals surface area contributed by atoms with Crippen molar-refractivity contribution in [3.63, 3.8) is 0 Å². The van der Waals surface area contributed by atoms with Crippen LogP contribution in [0.15, 0.2) is 58.5 Å². The number of sulfonamides is 1. The first kappa shape index (κ1) is 26.9. The third-order valence-electron chi connectivity index (χ3n) is 6.55. The van der Waals surface area contributed by atoms with Gasteiger partial charge in [-0.3, -0.25) is 9.10 Å². The topological polar surface area (TPSA) is 78.8 Å². The van der Waals surface area contributed by atoms with Crippen molar-refractivity contribution in [1.29, 1.82) is 0 Å². The van der Waals surface area contributed by atoms with Crippen molar-refractivity contribution in [3.05, 3.63) is 59.7 Å². The molecule has 3 rings (SSSR count). The highest BCUT2D eigenvalue weighted by atomic mass is 32.2. The summed E-state index contributed by atoms with van der Waals surface area (Å²) < 4.78 is 28.3. The van der Waals surface area contributed by atoms with E-state index in [1.54, 1.807) is 36.4 Å². The lowest BCUT2D eigenvalue weighted by Crippen LogP contribution is -2.40. The molecule has 1 saturated carbocycles. The molecule has 6 nitrogen and oxygen atoms in total. The number of hydrogen-bond donors (Lipinski definition) is 1. The number of hydrazone groups is 1. The predicted molar refractivity (Wildman–Crippen MR) is 143 cm³/mol. The SMILES string of the molecule is Cc1ccc(S(=O)(=O)N(CC(=O)NN=C2CCCCCCCCCCC2)c2ccccc2C)cc1. The van der Waals surface area contributed by atoms with Gasteiger partial charge in [0.1, 0.15) is 6.54 Å². The maximum absolute atomic E-state index is 13.6. The average Bonchev–Trinajstić information content (AvgIpc) is 2.83. The Bertz CT molecular complexity index is 1080. The Morgan fingerprint density at radius 3 is 1.94 bits per heavy atom. The lowest BCUT2D eigenvalue weighted by atomic mass is 10.00. The molecule has 0 spiro atoms. The summed E-state index contributed by atoms with van der Waals surface area (Å²) in [5, 5.41) is 4.44. The number of hydrogen-bond acceptors (Lipinski definition) is 4. The maximum Gasteiger partial charge on any atom is 0.264 e. The number of anilines is 1. The largest absolute Gasteiger partial charge is 0.271 e. The first-order valence-electron chi connectivity index (χ1n) is 12.9. The fourth-order valence-electron chi connectivity index (χ4n) is 4.42. The van der Waals surface area contributed by atoms with E-state index in [4.69, 9.17) is 0 Å². The fraction of sp³-hybridized carbons (Fsp3) is 0.500. The van der Waals surface area contributed by atoms with Crippen LogP contribution in [0.4, 0.5) is 5.69 Å². The minimum atomic E-state index is -3.93. The molecule has 0 bridgehead atoms. The maximum atomic E-state index is 13.6. The number of aryl methyl sites for hydroxylation is 2. The molecule has 0 aliphatic heterocycles. The van der Waals surface area contributed by atoms with Crippen molar-refractivity contribution in [2.45, 2.75) is 89.4 Å². The number of para-hydroxylation sites is 1. The lowest BCUT2D eigenvalue weighted by Gasteiger charge is -2.25. The second kappa shape index (κ2) is 13.4. The zero-order valence-corrected chi connectivity index (χ0v) is 21.9. The average molecular weight is 498 g/mol. The highest BCUT2D eigenvalue weighted by Gasteiger charge is 2.28. The van der Waals surface area contributed by atoms with Gasteiger partial charge in [-0.2, -0.15) is 5.10 Å². The van der Waals surface area contributed by atoms with Gasteiger partial charge in [-0.25, -0.2) is 13.8 Å². The molecule has 2 aromatic rings. The molecule has 7 heteroatoms. The van der Waals surface area contributed by atoms with Gasteiger partial charge in [-0.05, 0) is 63.3 Å². The van der Waals surface area contributed by atoms with Gasteiger partial charge in [0.2, 0.25) is 0 Å². The zero-order valence-electron chi connectivity index (χ0n) is 21.1. The van der Waals surface area contributed by atoms with Gasteiger partial charge in [0.05, 0.1) is 10.6 Å². The van der Waals surface area contributed by atoms with Crippen LogP contribution in [0, 0.1) is 13.8 Å². The molecule has 0 saturated heterocycles. The number of carbonyl (C=O) groups is 1. The molecule has 1 amide bonds. The van der Waals surface area contributed by atoms with E-state index in [1.807, 2.05) is 26.0 Å². The number of rotatable bonds is 6. The van der Waals surface area contributed by atoms with Crippen LogP contribution in [0.1, 0.15) is 81.8 Å². The van der Waals surface area contributed by atoms with Gasteiger partial charge >= 0.3 is 0 Å². The molecule has 0 unspecified atom stereocenters. The summed E-state index contributed by atoms with van der Waals surface area (Å²) in [6, 6.07) is 13.9. The molecule has 0 atom stereocenters. The van der Waals surface area contributed by atoms with Crippen LogP contribution in [0.3, 0.4) is 0 Å². The normalized spacial score (nSPS) is 16.0. The first-order chi connectivity index (χ1) is 16.9. The third-order valence-corrected chi connectivity index (χ3v) is 8.32. The van der Waals surface area contributed by atoms with Crippen LogP contribution in [-0.2, 0) is 14.8 Å². The summed E-state index contributed by atoms with van der Waals surface area (Å²) in [6.45, 7) is 3.42. The highest BCUT2D eigenvalue weighted by molar-refractivity contribution is 7.92. The van der Waals surface area contributed by atoms with Crippen LogP contribution in [0.5, 0.6) is 0 Å². The van der Waals surface area contributed by atoms with Crippen molar-refractivity contribution in [2.75, 3.05) is 10.8 Å². The predicted octanol–water partition coefficient (Wildman–Crippen LogP) is 6.28. The smallest absolute Gasteiger partial charge is 0.264 e. The molecule has 1 fully saturated rings. The lowest BCUT2D eigenvalue weighted by molar-refractivity contribution is -0.119. The summed E-state index contributed by atoms with van der Waals surface area (Å²) >= 11 is 0. The minimum Gasteiger partial charge on any atom is -0.271 e. The summed E-state index contributed by atoms with van der Waals surface area (Å²) in [7, 11) is -3.93. The van der Waals surface area contributed by atoms with Crippen LogP contribution in [0.2, 0.25) is 0 Å². The quantitative estimate of drug-likeness (QED) is 0.477. The molecular formula is C28H39N3O3S. The molecule has 35 heavy (non-hydrogen) atoms. The van der Waals surface area contributed by atoms with Crippen molar-refractivity contribution >= 4 is 27.3 Å². The van der Waals surface area contributed by atoms with Gasteiger partial charge < -0.3 is 0 Å². The number of amides is 1. The molecule has 190 valence electrons. The van der Waals surface area contributed by atoms with E-state index in [0.717, 1.165) is 42.5 Å². The number of nitrogens with one attached hydrogen (secondary N) is 1. The Morgan fingerprint density at radius 2 is 1.37 bits per heavy atom. The monoisotopic (exact) mass is 497 g/mol. The highest BCUT2D eigenvalue weighted by Crippen LogP contribution is 2.26. The fourth-order valence-corrected chi connectivity index (χ4v) is 5.91. The number of carbonyl (C=O) groups excluding carboxylic acids is 1. The van der Waals surface area contributed by atoms with E-state index < -0.39 is 15.9 Å². The summed E-state index contributed by atoms with van der Waals surface area (Å²) in [5.41, 5.74) is 5.90.